The average Bonchev–Trinajstić information content (AvgIpc) is 2.57. The Morgan fingerprint density at radius 3 is 2.17 bits per heavy atom. The van der Waals surface area contributed by atoms with Crippen LogP contribution < -0.4 is 4.74 Å². The Bertz CT molecular complexity index is 793. The SMILES string of the molecule is CCOc1ccc(-c2c(-c3ccc(F)cc3)[c]ccc2F)cc1. The highest BCUT2D eigenvalue weighted by molar-refractivity contribution is 5.83. The van der Waals surface area contributed by atoms with Gasteiger partial charge in [0.05, 0.1) is 6.61 Å². The van der Waals surface area contributed by atoms with Crippen molar-refractivity contribution in [1.29, 1.82) is 0 Å². The van der Waals surface area contributed by atoms with Crippen LogP contribution in [0.2, 0.25) is 0 Å². The van der Waals surface area contributed by atoms with Gasteiger partial charge in [0.1, 0.15) is 17.4 Å². The molecule has 0 atom stereocenters. The van der Waals surface area contributed by atoms with Gasteiger partial charge in [-0.05, 0) is 54.4 Å². The molecule has 0 aliphatic heterocycles. The fourth-order valence-electron chi connectivity index (χ4n) is 2.48. The van der Waals surface area contributed by atoms with Gasteiger partial charge in [0, 0.05) is 11.1 Å². The molecule has 3 aromatic carbocycles. The summed E-state index contributed by atoms with van der Waals surface area (Å²) in [5, 5.41) is 0. The van der Waals surface area contributed by atoms with E-state index in [0.29, 0.717) is 17.7 Å². The van der Waals surface area contributed by atoms with Gasteiger partial charge in [-0.2, -0.15) is 0 Å². The highest BCUT2D eigenvalue weighted by Gasteiger charge is 2.13. The molecule has 0 saturated heterocycles. The van der Waals surface area contributed by atoms with Gasteiger partial charge in [0.2, 0.25) is 0 Å². The van der Waals surface area contributed by atoms with E-state index in [1.165, 1.54) is 24.3 Å². The fraction of sp³-hybridized carbons (Fsp3) is 0.100. The zero-order chi connectivity index (χ0) is 16.2. The lowest BCUT2D eigenvalue weighted by Crippen LogP contribution is -1.93. The first kappa shape index (κ1) is 15.2. The summed E-state index contributed by atoms with van der Waals surface area (Å²) >= 11 is 0. The summed E-state index contributed by atoms with van der Waals surface area (Å²) in [4.78, 5) is 0. The van der Waals surface area contributed by atoms with Crippen molar-refractivity contribution in [3.05, 3.63) is 78.4 Å². The molecule has 0 spiro atoms. The molecule has 0 amide bonds. The lowest BCUT2D eigenvalue weighted by molar-refractivity contribution is 0.340. The molecule has 0 fully saturated rings. The quantitative estimate of drug-likeness (QED) is 0.618. The Labute approximate surface area is 134 Å². The Morgan fingerprint density at radius 2 is 1.52 bits per heavy atom. The van der Waals surface area contributed by atoms with Gasteiger partial charge >= 0.3 is 0 Å². The summed E-state index contributed by atoms with van der Waals surface area (Å²) < 4.78 is 33.0. The van der Waals surface area contributed by atoms with Crippen molar-refractivity contribution in [3.63, 3.8) is 0 Å². The summed E-state index contributed by atoms with van der Waals surface area (Å²) in [6, 6.07) is 19.2. The van der Waals surface area contributed by atoms with Gasteiger partial charge in [-0.25, -0.2) is 8.78 Å². The van der Waals surface area contributed by atoms with Gasteiger partial charge in [-0.15, -0.1) is 0 Å². The first-order chi connectivity index (χ1) is 11.2. The van der Waals surface area contributed by atoms with E-state index in [0.717, 1.165) is 16.9 Å². The van der Waals surface area contributed by atoms with E-state index in [1.54, 1.807) is 24.3 Å². The third-order valence-corrected chi connectivity index (χ3v) is 3.53. The van der Waals surface area contributed by atoms with Crippen LogP contribution in [0, 0.1) is 17.7 Å². The van der Waals surface area contributed by atoms with E-state index >= 15 is 0 Å². The van der Waals surface area contributed by atoms with E-state index in [9.17, 15) is 8.78 Å². The van der Waals surface area contributed by atoms with Crippen LogP contribution in [0.4, 0.5) is 8.78 Å². The zero-order valence-corrected chi connectivity index (χ0v) is 12.6. The van der Waals surface area contributed by atoms with Crippen molar-refractivity contribution in [3.8, 4) is 28.0 Å². The van der Waals surface area contributed by atoms with Crippen LogP contribution in [0.1, 0.15) is 6.92 Å². The van der Waals surface area contributed by atoms with Crippen molar-refractivity contribution in [1.82, 2.24) is 0 Å². The third-order valence-electron chi connectivity index (χ3n) is 3.53. The van der Waals surface area contributed by atoms with Crippen molar-refractivity contribution in [2.75, 3.05) is 6.61 Å². The van der Waals surface area contributed by atoms with E-state index in [4.69, 9.17) is 4.74 Å². The van der Waals surface area contributed by atoms with Gasteiger partial charge < -0.3 is 4.74 Å². The minimum atomic E-state index is -0.341. The van der Waals surface area contributed by atoms with Gasteiger partial charge in [-0.3, -0.25) is 0 Å². The maximum atomic E-state index is 14.4. The lowest BCUT2D eigenvalue weighted by Gasteiger charge is -2.12. The topological polar surface area (TPSA) is 9.23 Å². The minimum Gasteiger partial charge on any atom is -0.494 e. The first-order valence-corrected chi connectivity index (χ1v) is 7.38. The van der Waals surface area contributed by atoms with Crippen molar-refractivity contribution in [2.45, 2.75) is 6.92 Å². The van der Waals surface area contributed by atoms with Crippen LogP contribution in [0.3, 0.4) is 0 Å². The van der Waals surface area contributed by atoms with Crippen LogP contribution in [0.15, 0.2) is 60.7 Å². The second-order valence-corrected chi connectivity index (χ2v) is 5.04. The molecule has 0 aromatic heterocycles. The molecule has 0 aliphatic carbocycles. The summed E-state index contributed by atoms with van der Waals surface area (Å²) in [6.45, 7) is 2.49. The highest BCUT2D eigenvalue weighted by Crippen LogP contribution is 2.34. The van der Waals surface area contributed by atoms with E-state index in [-0.39, 0.29) is 11.6 Å². The predicted octanol–water partition coefficient (Wildman–Crippen LogP) is 5.50. The van der Waals surface area contributed by atoms with Gasteiger partial charge in [0.15, 0.2) is 0 Å². The number of rotatable bonds is 4. The highest BCUT2D eigenvalue weighted by atomic mass is 19.1. The zero-order valence-electron chi connectivity index (χ0n) is 12.6. The molecule has 0 bridgehead atoms. The molecule has 1 nitrogen and oxygen atoms in total. The summed E-state index contributed by atoms with van der Waals surface area (Å²) in [6.07, 6.45) is 0. The van der Waals surface area contributed by atoms with Crippen LogP contribution in [0.25, 0.3) is 22.3 Å². The monoisotopic (exact) mass is 309 g/mol. The van der Waals surface area contributed by atoms with Crippen molar-refractivity contribution >= 4 is 0 Å². The molecule has 1 radical (unpaired) electrons. The molecule has 0 aliphatic rings. The Hall–Kier alpha value is -2.68. The van der Waals surface area contributed by atoms with Gasteiger partial charge in [0.25, 0.3) is 0 Å². The molecule has 0 saturated carbocycles. The molecule has 0 heterocycles. The van der Waals surface area contributed by atoms with E-state index in [1.807, 2.05) is 19.1 Å². The van der Waals surface area contributed by atoms with Crippen molar-refractivity contribution in [2.24, 2.45) is 0 Å². The Morgan fingerprint density at radius 1 is 0.870 bits per heavy atom. The summed E-state index contributed by atoms with van der Waals surface area (Å²) in [5.41, 5.74) is 2.49. The Kier molecular flexibility index (Phi) is 4.38. The molecule has 115 valence electrons. The minimum absolute atomic E-state index is 0.326. The number of benzene rings is 3. The molecule has 23 heavy (non-hydrogen) atoms. The molecular weight excluding hydrogens is 294 g/mol. The molecule has 0 unspecified atom stereocenters. The van der Waals surface area contributed by atoms with Gasteiger partial charge in [-0.1, -0.05) is 30.3 Å². The molecule has 3 aromatic rings. The van der Waals surface area contributed by atoms with Crippen LogP contribution in [0.5, 0.6) is 5.75 Å². The largest absolute Gasteiger partial charge is 0.494 e. The first-order valence-electron chi connectivity index (χ1n) is 7.38. The summed E-state index contributed by atoms with van der Waals surface area (Å²) in [5.74, 6) is 0.0694. The third kappa shape index (κ3) is 3.24. The smallest absolute Gasteiger partial charge is 0.131 e. The number of ether oxygens (including phenoxy) is 1. The number of halogens is 2. The van der Waals surface area contributed by atoms with E-state index in [2.05, 4.69) is 6.07 Å². The molecular formula is C20H15F2O. The second-order valence-electron chi connectivity index (χ2n) is 5.04. The van der Waals surface area contributed by atoms with E-state index < -0.39 is 0 Å². The number of hydrogen-bond donors (Lipinski definition) is 0. The normalized spacial score (nSPS) is 10.6. The molecule has 3 rings (SSSR count). The predicted molar refractivity (Wildman–Crippen MR) is 87.2 cm³/mol. The van der Waals surface area contributed by atoms with Crippen LogP contribution in [-0.4, -0.2) is 6.61 Å². The summed E-state index contributed by atoms with van der Waals surface area (Å²) in [7, 11) is 0. The second kappa shape index (κ2) is 6.61. The van der Waals surface area contributed by atoms with Crippen LogP contribution in [-0.2, 0) is 0 Å². The van der Waals surface area contributed by atoms with Crippen LogP contribution >= 0.6 is 0 Å². The lowest BCUT2D eigenvalue weighted by atomic mass is 9.94. The Balaban J connectivity index is 2.09. The standard InChI is InChI=1S/C20H15F2O/c1-2-23-17-12-8-15(9-13-17)20-18(4-3-5-19(20)22)14-6-10-16(21)11-7-14/h3,5-13H,2H2,1H3. The number of hydrogen-bond acceptors (Lipinski definition) is 1. The molecule has 3 heteroatoms. The average molecular weight is 309 g/mol. The maximum Gasteiger partial charge on any atom is 0.131 e. The molecule has 0 N–H and O–H groups in total. The maximum absolute atomic E-state index is 14.4. The van der Waals surface area contributed by atoms with Crippen molar-refractivity contribution < 1.29 is 13.5 Å². The fourth-order valence-corrected chi connectivity index (χ4v) is 2.48.